The molecule has 2 rings (SSSR count). The van der Waals surface area contributed by atoms with Gasteiger partial charge < -0.3 is 10.1 Å². The van der Waals surface area contributed by atoms with Crippen molar-refractivity contribution in [3.8, 4) is 0 Å². The van der Waals surface area contributed by atoms with Gasteiger partial charge in [-0.1, -0.05) is 30.9 Å². The molecule has 0 aliphatic heterocycles. The number of imide groups is 1. The molecule has 1 aromatic heterocycles. The van der Waals surface area contributed by atoms with E-state index in [-0.39, 0.29) is 24.7 Å². The first-order valence-electron chi connectivity index (χ1n) is 8.94. The third kappa shape index (κ3) is 7.30. The molecule has 2 N–H and O–H groups in total. The van der Waals surface area contributed by atoms with Crippen LogP contribution in [0.15, 0.2) is 12.1 Å². The van der Waals surface area contributed by atoms with Crippen molar-refractivity contribution in [3.05, 3.63) is 21.3 Å². The third-order valence-electron chi connectivity index (χ3n) is 4.26. The number of hydrogen-bond donors (Lipinski definition) is 2. The van der Waals surface area contributed by atoms with Gasteiger partial charge in [0.15, 0.2) is 11.9 Å². The fraction of sp³-hybridized carbons (Fsp3) is 0.556. The summed E-state index contributed by atoms with van der Waals surface area (Å²) in [5.41, 5.74) is 0. The molecule has 0 saturated heterocycles. The number of Topliss-reactive ketones (excluding diaryl/α,β-unsaturated/α-hetero) is 1. The molecule has 0 aromatic carbocycles. The molecule has 1 atom stereocenters. The first kappa shape index (κ1) is 21.4. The van der Waals surface area contributed by atoms with Crippen LogP contribution in [0.3, 0.4) is 0 Å². The zero-order valence-electron chi connectivity index (χ0n) is 15.1. The number of halogens is 1. The van der Waals surface area contributed by atoms with Crippen LogP contribution >= 0.6 is 22.9 Å². The predicted molar refractivity (Wildman–Crippen MR) is 102 cm³/mol. The minimum Gasteiger partial charge on any atom is -0.453 e. The highest BCUT2D eigenvalue weighted by Gasteiger charge is 2.22. The Bertz CT molecular complexity index is 700. The third-order valence-corrected chi connectivity index (χ3v) is 5.53. The number of ketones is 1. The summed E-state index contributed by atoms with van der Waals surface area (Å²) in [7, 11) is 0. The number of amides is 3. The lowest BCUT2D eigenvalue weighted by Gasteiger charge is -2.23. The molecule has 0 unspecified atom stereocenters. The number of esters is 1. The molecule has 3 amide bonds. The number of ether oxygens (including phenoxy) is 1. The Balaban J connectivity index is 1.68. The second-order valence-electron chi connectivity index (χ2n) is 6.46. The molecule has 1 heterocycles. The first-order chi connectivity index (χ1) is 12.8. The highest BCUT2D eigenvalue weighted by atomic mass is 35.5. The zero-order valence-corrected chi connectivity index (χ0v) is 16.7. The van der Waals surface area contributed by atoms with Gasteiger partial charge in [0.2, 0.25) is 0 Å². The van der Waals surface area contributed by atoms with Crippen LogP contribution in [0.25, 0.3) is 0 Å². The van der Waals surface area contributed by atoms with Crippen molar-refractivity contribution in [1.29, 1.82) is 0 Å². The lowest BCUT2D eigenvalue weighted by Crippen LogP contribution is -2.48. The van der Waals surface area contributed by atoms with Gasteiger partial charge in [0, 0.05) is 12.5 Å². The van der Waals surface area contributed by atoms with E-state index in [4.69, 9.17) is 16.3 Å². The lowest BCUT2D eigenvalue weighted by atomic mass is 9.96. The smallest absolute Gasteiger partial charge is 0.321 e. The quantitative estimate of drug-likeness (QED) is 0.525. The average molecular weight is 415 g/mol. The van der Waals surface area contributed by atoms with Gasteiger partial charge in [0.05, 0.1) is 15.6 Å². The Hall–Kier alpha value is -1.93. The van der Waals surface area contributed by atoms with E-state index < -0.39 is 24.0 Å². The van der Waals surface area contributed by atoms with Crippen LogP contribution in [0.1, 0.15) is 61.5 Å². The molecular weight excluding hydrogens is 392 g/mol. The first-order valence-corrected chi connectivity index (χ1v) is 10.1. The zero-order chi connectivity index (χ0) is 19.8. The summed E-state index contributed by atoms with van der Waals surface area (Å²) in [5, 5.41) is 4.93. The van der Waals surface area contributed by atoms with Gasteiger partial charge in [-0.15, -0.1) is 11.3 Å². The van der Waals surface area contributed by atoms with Gasteiger partial charge >= 0.3 is 12.0 Å². The van der Waals surface area contributed by atoms with Crippen LogP contribution in [0, 0.1) is 0 Å². The predicted octanol–water partition coefficient (Wildman–Crippen LogP) is 3.45. The highest BCUT2D eigenvalue weighted by molar-refractivity contribution is 7.18. The monoisotopic (exact) mass is 414 g/mol. The van der Waals surface area contributed by atoms with E-state index in [0.717, 1.165) is 43.4 Å². The van der Waals surface area contributed by atoms with E-state index >= 15 is 0 Å². The van der Waals surface area contributed by atoms with Crippen molar-refractivity contribution >= 4 is 46.6 Å². The van der Waals surface area contributed by atoms with Crippen molar-refractivity contribution in [3.63, 3.8) is 0 Å². The molecule has 9 heteroatoms. The van der Waals surface area contributed by atoms with Crippen LogP contribution < -0.4 is 10.6 Å². The van der Waals surface area contributed by atoms with Crippen molar-refractivity contribution in [2.75, 3.05) is 0 Å². The fourth-order valence-corrected chi connectivity index (χ4v) is 3.80. The number of carbonyl (C=O) groups excluding carboxylic acids is 4. The fourth-order valence-electron chi connectivity index (χ4n) is 2.79. The van der Waals surface area contributed by atoms with E-state index in [0.29, 0.717) is 9.21 Å². The number of rotatable bonds is 7. The summed E-state index contributed by atoms with van der Waals surface area (Å²) in [6, 6.07) is 2.70. The standard InChI is InChI=1S/C18H23ClN2O5S/c1-11(17(24)21-18(25)20-12-5-3-2-4-6-12)26-16(23)10-7-13(22)14-8-9-15(19)27-14/h8-9,11-12H,2-7,10H2,1H3,(H2,20,21,24,25)/t11-/m1/s1. The van der Waals surface area contributed by atoms with Gasteiger partial charge in [0.1, 0.15) is 0 Å². The van der Waals surface area contributed by atoms with Crippen LogP contribution in [-0.4, -0.2) is 35.8 Å². The molecule has 1 aliphatic carbocycles. The van der Waals surface area contributed by atoms with Crippen molar-refractivity contribution in [2.24, 2.45) is 0 Å². The Morgan fingerprint density at radius 3 is 2.52 bits per heavy atom. The Morgan fingerprint density at radius 1 is 1.19 bits per heavy atom. The van der Waals surface area contributed by atoms with Crippen molar-refractivity contribution in [2.45, 2.75) is 64.0 Å². The Kier molecular flexibility index (Phi) is 8.24. The summed E-state index contributed by atoms with van der Waals surface area (Å²) in [6.45, 7) is 1.38. The second-order valence-corrected chi connectivity index (χ2v) is 8.17. The molecule has 1 aliphatic rings. The molecule has 7 nitrogen and oxygen atoms in total. The summed E-state index contributed by atoms with van der Waals surface area (Å²) in [5.74, 6) is -1.60. The SMILES string of the molecule is C[C@@H](OC(=O)CCC(=O)c1ccc(Cl)s1)C(=O)NC(=O)NC1CCCCC1. The van der Waals surface area contributed by atoms with Crippen LogP contribution in [0.5, 0.6) is 0 Å². The number of nitrogens with one attached hydrogen (secondary N) is 2. The van der Waals surface area contributed by atoms with Gasteiger partial charge in [-0.3, -0.25) is 19.7 Å². The minimum absolute atomic E-state index is 0.0355. The molecule has 1 saturated carbocycles. The van der Waals surface area contributed by atoms with E-state index in [1.165, 1.54) is 6.92 Å². The van der Waals surface area contributed by atoms with Crippen LogP contribution in [0.4, 0.5) is 4.79 Å². The average Bonchev–Trinajstić information content (AvgIpc) is 3.06. The topological polar surface area (TPSA) is 102 Å². The molecule has 0 radical (unpaired) electrons. The summed E-state index contributed by atoms with van der Waals surface area (Å²) >= 11 is 6.91. The van der Waals surface area contributed by atoms with Crippen molar-refractivity contribution in [1.82, 2.24) is 10.6 Å². The van der Waals surface area contributed by atoms with Crippen LogP contribution in [0.2, 0.25) is 4.34 Å². The maximum Gasteiger partial charge on any atom is 0.321 e. The normalized spacial score (nSPS) is 15.6. The molecule has 0 bridgehead atoms. The Morgan fingerprint density at radius 2 is 1.89 bits per heavy atom. The number of carbonyl (C=O) groups is 4. The largest absolute Gasteiger partial charge is 0.453 e. The Labute approximate surface area is 166 Å². The second kappa shape index (κ2) is 10.4. The summed E-state index contributed by atoms with van der Waals surface area (Å²) in [4.78, 5) is 48.0. The van der Waals surface area contributed by atoms with E-state index in [1.807, 2.05) is 0 Å². The maximum atomic E-state index is 12.0. The van der Waals surface area contributed by atoms with Gasteiger partial charge in [-0.05, 0) is 31.9 Å². The minimum atomic E-state index is -1.12. The maximum absolute atomic E-state index is 12.0. The molecule has 1 aromatic rings. The molecule has 148 valence electrons. The number of urea groups is 1. The van der Waals surface area contributed by atoms with E-state index in [1.54, 1.807) is 12.1 Å². The molecular formula is C18H23ClN2O5S. The van der Waals surface area contributed by atoms with E-state index in [9.17, 15) is 19.2 Å². The molecule has 1 fully saturated rings. The van der Waals surface area contributed by atoms with Gasteiger partial charge in [-0.2, -0.15) is 0 Å². The number of hydrogen-bond acceptors (Lipinski definition) is 6. The number of thiophene rings is 1. The highest BCUT2D eigenvalue weighted by Crippen LogP contribution is 2.23. The molecule has 27 heavy (non-hydrogen) atoms. The summed E-state index contributed by atoms with van der Waals surface area (Å²) < 4.78 is 5.49. The van der Waals surface area contributed by atoms with Crippen LogP contribution in [-0.2, 0) is 14.3 Å². The van der Waals surface area contributed by atoms with Crippen molar-refractivity contribution < 1.29 is 23.9 Å². The summed E-state index contributed by atoms with van der Waals surface area (Å²) in [6.07, 6.45) is 3.76. The van der Waals surface area contributed by atoms with Gasteiger partial charge in [0.25, 0.3) is 5.91 Å². The van der Waals surface area contributed by atoms with Gasteiger partial charge in [-0.25, -0.2) is 4.79 Å². The molecule has 0 spiro atoms. The van der Waals surface area contributed by atoms with E-state index in [2.05, 4.69) is 10.6 Å². The lowest BCUT2D eigenvalue weighted by molar-refractivity contribution is -0.154.